The van der Waals surface area contributed by atoms with Crippen molar-refractivity contribution in [1.82, 2.24) is 0 Å². The molecule has 0 N–H and O–H groups in total. The van der Waals surface area contributed by atoms with Crippen LogP contribution in [0.2, 0.25) is 7.86 Å². The minimum absolute atomic E-state index is 0.0495. The number of hydrogen-bond donors (Lipinski definition) is 0. The van der Waals surface area contributed by atoms with Gasteiger partial charge in [0.2, 0.25) is 0 Å². The van der Waals surface area contributed by atoms with E-state index in [9.17, 15) is 9.59 Å². The molecular formula is C10H18Hg2O6. The van der Waals surface area contributed by atoms with Crippen LogP contribution in [0.5, 0.6) is 0 Å². The average Bonchev–Trinajstić information content (AvgIpc) is 2.30. The van der Waals surface area contributed by atoms with Crippen LogP contribution in [0.4, 0.5) is 0 Å². The van der Waals surface area contributed by atoms with Gasteiger partial charge in [0.1, 0.15) is 0 Å². The summed E-state index contributed by atoms with van der Waals surface area (Å²) < 4.78 is 22.5. The van der Waals surface area contributed by atoms with Crippen LogP contribution in [0.25, 0.3) is 0 Å². The molecule has 0 bridgehead atoms. The van der Waals surface area contributed by atoms with Crippen LogP contribution in [0.1, 0.15) is 13.8 Å². The van der Waals surface area contributed by atoms with Gasteiger partial charge in [0.25, 0.3) is 0 Å². The molecule has 98 valence electrons. The molecule has 8 heteroatoms. The van der Waals surface area contributed by atoms with Crippen LogP contribution in [-0.4, -0.2) is 38.4 Å². The van der Waals surface area contributed by atoms with Crippen molar-refractivity contribution in [3.8, 4) is 0 Å². The van der Waals surface area contributed by atoms with Gasteiger partial charge in [-0.15, -0.1) is 0 Å². The van der Waals surface area contributed by atoms with E-state index in [1.54, 1.807) is 14.2 Å². The third kappa shape index (κ3) is 9.63. The van der Waals surface area contributed by atoms with E-state index in [2.05, 4.69) is 0 Å². The van der Waals surface area contributed by atoms with E-state index in [-0.39, 0.29) is 24.1 Å². The maximum absolute atomic E-state index is 10.7. The van der Waals surface area contributed by atoms with Crippen LogP contribution < -0.4 is 0 Å². The van der Waals surface area contributed by atoms with Gasteiger partial charge < -0.3 is 0 Å². The molecule has 0 fully saturated rings. The van der Waals surface area contributed by atoms with Crippen molar-refractivity contribution >= 4 is 11.9 Å². The Balaban J connectivity index is 4.04. The Labute approximate surface area is 133 Å². The summed E-state index contributed by atoms with van der Waals surface area (Å²) >= 11 is -3.32. The second kappa shape index (κ2) is 11.5. The Morgan fingerprint density at radius 2 is 1.22 bits per heavy atom. The molecule has 0 rings (SSSR count). The van der Waals surface area contributed by atoms with Crippen molar-refractivity contribution in [2.24, 2.45) is 0 Å². The Morgan fingerprint density at radius 3 is 1.44 bits per heavy atom. The van der Waals surface area contributed by atoms with Gasteiger partial charge >= 0.3 is 134 Å². The third-order valence-electron chi connectivity index (χ3n) is 2.44. The Morgan fingerprint density at radius 1 is 0.889 bits per heavy atom. The molecule has 0 saturated carbocycles. The zero-order valence-electron chi connectivity index (χ0n) is 11.4. The fraction of sp³-hybridized carbons (Fsp3) is 0.800. The van der Waals surface area contributed by atoms with E-state index in [4.69, 9.17) is 14.8 Å². The normalized spacial score (nSPS) is 12.9. The molecule has 0 aromatic carbocycles. The predicted octanol–water partition coefficient (Wildman–Crippen LogP) is 0.974. The topological polar surface area (TPSA) is 71.1 Å². The van der Waals surface area contributed by atoms with E-state index in [0.29, 0.717) is 0 Å². The molecule has 0 unspecified atom stereocenters. The molecule has 0 aliphatic rings. The molecule has 0 amide bonds. The number of carbonyl (C=O) groups is 2. The van der Waals surface area contributed by atoms with Gasteiger partial charge in [0, 0.05) is 0 Å². The van der Waals surface area contributed by atoms with Gasteiger partial charge in [-0.3, -0.25) is 0 Å². The summed E-state index contributed by atoms with van der Waals surface area (Å²) in [5.74, 6) is -0.416. The number of hydrogen-bond acceptors (Lipinski definition) is 6. The monoisotopic (exact) mass is 638 g/mol. The Kier molecular flexibility index (Phi) is 12.0. The summed E-state index contributed by atoms with van der Waals surface area (Å²) in [4.78, 5) is 21.4. The maximum atomic E-state index is 10.7. The summed E-state index contributed by atoms with van der Waals surface area (Å²) in [6, 6.07) is 0. The van der Waals surface area contributed by atoms with Crippen molar-refractivity contribution < 1.29 is 74.4 Å². The molecular weight excluding hydrogens is 617 g/mol. The van der Waals surface area contributed by atoms with Crippen molar-refractivity contribution in [2.75, 3.05) is 14.2 Å². The SMILES string of the molecule is CO[C@@H]([CH2][Hg][O]C(C)=O)[C@H]([CH2][Hg][O]C(C)=O)OC. The second-order valence-corrected chi connectivity index (χ2v) is 13.7. The standard InChI is InChI=1S/C6H12O2.2C2H4O2.2Hg/c1-5(7-3)6(2)8-4;2*1-2(3)4;;/h5-6H,1-2H2,3-4H3;2*1H3,(H,3,4);;/q;;;2*+1/p-2/t5-,6-;;;;/m0..../s1. The number of rotatable bonds is 9. The van der Waals surface area contributed by atoms with E-state index in [0.717, 1.165) is 7.86 Å². The summed E-state index contributed by atoms with van der Waals surface area (Å²) in [7, 11) is 3.25. The first kappa shape index (κ1) is 18.7. The van der Waals surface area contributed by atoms with Gasteiger partial charge in [-0.05, 0) is 0 Å². The molecule has 6 nitrogen and oxygen atoms in total. The summed E-state index contributed by atoms with van der Waals surface area (Å²) in [5.41, 5.74) is 0. The van der Waals surface area contributed by atoms with Crippen LogP contribution in [0.15, 0.2) is 0 Å². The Hall–Kier alpha value is 0.730. The average molecular weight is 635 g/mol. The van der Waals surface area contributed by atoms with Crippen LogP contribution >= 0.6 is 0 Å². The van der Waals surface area contributed by atoms with Crippen LogP contribution in [-0.2, 0) is 74.4 Å². The third-order valence-corrected chi connectivity index (χ3v) is 13.4. The van der Waals surface area contributed by atoms with Gasteiger partial charge in [-0.2, -0.15) is 0 Å². The van der Waals surface area contributed by atoms with Gasteiger partial charge in [-0.25, -0.2) is 0 Å². The van der Waals surface area contributed by atoms with Crippen molar-refractivity contribution in [3.63, 3.8) is 0 Å². The Bertz CT molecular complexity index is 235. The van der Waals surface area contributed by atoms with E-state index in [1.165, 1.54) is 13.8 Å². The van der Waals surface area contributed by atoms with Crippen LogP contribution in [0.3, 0.4) is 0 Å². The van der Waals surface area contributed by atoms with Crippen molar-refractivity contribution in [1.29, 1.82) is 0 Å². The number of carbonyl (C=O) groups excluding carboxylic acids is 2. The molecule has 0 heterocycles. The zero-order chi connectivity index (χ0) is 14.0. The van der Waals surface area contributed by atoms with Crippen molar-refractivity contribution in [2.45, 2.75) is 33.9 Å². The van der Waals surface area contributed by atoms with E-state index >= 15 is 0 Å². The summed E-state index contributed by atoms with van der Waals surface area (Å²) in [6.07, 6.45) is -0.0989. The molecule has 0 aliphatic heterocycles. The first-order valence-corrected chi connectivity index (χ1v) is 18.1. The fourth-order valence-electron chi connectivity index (χ4n) is 1.55. The van der Waals surface area contributed by atoms with E-state index < -0.39 is 50.1 Å². The molecule has 0 aromatic rings. The number of methoxy groups -OCH3 is 2. The number of ether oxygens (including phenoxy) is 2. The first-order chi connectivity index (χ1) is 8.51. The predicted molar refractivity (Wildman–Crippen MR) is 54.7 cm³/mol. The molecule has 0 saturated heterocycles. The van der Waals surface area contributed by atoms with Crippen molar-refractivity contribution in [3.05, 3.63) is 0 Å². The summed E-state index contributed by atoms with van der Waals surface area (Å²) in [6.45, 7) is 2.85. The van der Waals surface area contributed by atoms with Crippen LogP contribution in [0, 0.1) is 0 Å². The molecule has 18 heavy (non-hydrogen) atoms. The fourth-order valence-corrected chi connectivity index (χ4v) is 11.2. The molecule has 0 aromatic heterocycles. The van der Waals surface area contributed by atoms with Gasteiger partial charge in [-0.1, -0.05) is 0 Å². The molecule has 2 atom stereocenters. The van der Waals surface area contributed by atoms with Gasteiger partial charge in [0.05, 0.1) is 0 Å². The second-order valence-electron chi connectivity index (χ2n) is 3.81. The quantitative estimate of drug-likeness (QED) is 0.352. The minimum atomic E-state index is -1.66. The first-order valence-electron chi connectivity index (χ1n) is 5.83. The molecule has 0 aliphatic carbocycles. The summed E-state index contributed by atoms with van der Waals surface area (Å²) in [5, 5.41) is 0. The molecule has 0 spiro atoms. The zero-order valence-corrected chi connectivity index (χ0v) is 22.4. The van der Waals surface area contributed by atoms with Gasteiger partial charge in [0.15, 0.2) is 0 Å². The molecule has 0 radical (unpaired) electrons. The van der Waals surface area contributed by atoms with E-state index in [1.807, 2.05) is 0 Å².